The molecule has 2 unspecified atom stereocenters. The van der Waals surface area contributed by atoms with E-state index in [0.29, 0.717) is 23.3 Å². The van der Waals surface area contributed by atoms with Gasteiger partial charge in [-0.3, -0.25) is 24.1 Å². The number of ether oxygens (including phenoxy) is 2. The average molecular weight is 469 g/mol. The minimum absolute atomic E-state index is 0.00550. The Morgan fingerprint density at radius 2 is 1.85 bits per heavy atom. The van der Waals surface area contributed by atoms with Gasteiger partial charge in [-0.25, -0.2) is 4.90 Å². The lowest BCUT2D eigenvalue weighted by atomic mass is 10.1. The summed E-state index contributed by atoms with van der Waals surface area (Å²) in [6.07, 6.45) is -1.06. The van der Waals surface area contributed by atoms with Crippen LogP contribution in [0.4, 0.5) is 4.79 Å². The van der Waals surface area contributed by atoms with E-state index in [2.05, 4.69) is 0 Å². The summed E-state index contributed by atoms with van der Waals surface area (Å²) in [4.78, 5) is 53.0. The second-order valence-electron chi connectivity index (χ2n) is 7.63. The van der Waals surface area contributed by atoms with Gasteiger partial charge in [0.1, 0.15) is 5.75 Å². The third-order valence-corrected chi connectivity index (χ3v) is 6.22. The fraction of sp³-hybridized carbons (Fsp3) is 0.333. The van der Waals surface area contributed by atoms with Crippen molar-refractivity contribution >= 4 is 34.6 Å². The number of carbonyl (C=O) groups excluding carboxylic acids is 4. The maximum Gasteiger partial charge on any atom is 0.291 e. The van der Waals surface area contributed by atoms with E-state index >= 15 is 0 Å². The van der Waals surface area contributed by atoms with Crippen molar-refractivity contribution in [2.75, 3.05) is 18.9 Å². The third-order valence-electron chi connectivity index (χ3n) is 5.38. The molecule has 2 aliphatic heterocycles. The summed E-state index contributed by atoms with van der Waals surface area (Å²) in [5, 5.41) is -0.379. The second kappa shape index (κ2) is 10.2. The van der Waals surface area contributed by atoms with Gasteiger partial charge in [-0.2, -0.15) is 0 Å². The van der Waals surface area contributed by atoms with Gasteiger partial charge < -0.3 is 9.47 Å². The molecular formula is C24H24N2O6S. The van der Waals surface area contributed by atoms with Crippen molar-refractivity contribution in [3.63, 3.8) is 0 Å². The molecule has 1 saturated heterocycles. The van der Waals surface area contributed by atoms with E-state index < -0.39 is 12.5 Å². The predicted octanol–water partition coefficient (Wildman–Crippen LogP) is 3.63. The normalized spacial score (nSPS) is 18.8. The minimum atomic E-state index is -1.04. The number of amides is 3. The van der Waals surface area contributed by atoms with Crippen molar-refractivity contribution in [2.24, 2.45) is 0 Å². The van der Waals surface area contributed by atoms with Gasteiger partial charge in [-0.15, -0.1) is 0 Å². The second-order valence-corrected chi connectivity index (χ2v) is 8.56. The van der Waals surface area contributed by atoms with E-state index in [1.807, 2.05) is 13.0 Å². The molecule has 2 atom stereocenters. The van der Waals surface area contributed by atoms with E-state index in [-0.39, 0.29) is 48.2 Å². The molecule has 0 N–H and O–H groups in total. The highest BCUT2D eigenvalue weighted by Gasteiger charge is 2.39. The summed E-state index contributed by atoms with van der Waals surface area (Å²) in [7, 11) is 0. The van der Waals surface area contributed by atoms with Crippen LogP contribution in [0.5, 0.6) is 5.75 Å². The van der Waals surface area contributed by atoms with Gasteiger partial charge in [-0.05, 0) is 18.6 Å². The topological polar surface area (TPSA) is 93.2 Å². The van der Waals surface area contributed by atoms with Crippen molar-refractivity contribution < 1.29 is 28.7 Å². The zero-order valence-electron chi connectivity index (χ0n) is 18.1. The van der Waals surface area contributed by atoms with Crippen LogP contribution >= 0.6 is 11.8 Å². The quantitative estimate of drug-likeness (QED) is 0.555. The van der Waals surface area contributed by atoms with Gasteiger partial charge in [0.25, 0.3) is 11.1 Å². The first-order valence-electron chi connectivity index (χ1n) is 10.8. The Kier molecular flexibility index (Phi) is 7.10. The number of para-hydroxylation sites is 1. The molecule has 2 aromatic carbocycles. The average Bonchev–Trinajstić information content (AvgIpc) is 3.16. The summed E-state index contributed by atoms with van der Waals surface area (Å²) in [5.41, 5.74) is 1.02. The Bertz CT molecular complexity index is 1040. The number of imide groups is 1. The standard InChI is InChI=1S/C24H24N2O6S/c1-2-8-18(27)23-25(21(29)17-11-6-7-12-19(17)32-23)13-14-31-22(16-9-4-3-5-10-16)26-20(28)15-33-24(26)30/h3-7,9-12,22-23H,2,8,13-15H2,1H3. The monoisotopic (exact) mass is 468 g/mol. The first-order chi connectivity index (χ1) is 16.0. The van der Waals surface area contributed by atoms with Crippen molar-refractivity contribution in [2.45, 2.75) is 32.2 Å². The van der Waals surface area contributed by atoms with Gasteiger partial charge in [0.05, 0.1) is 17.9 Å². The molecule has 172 valence electrons. The van der Waals surface area contributed by atoms with E-state index in [1.165, 1.54) is 4.90 Å². The van der Waals surface area contributed by atoms with Crippen LogP contribution in [0.2, 0.25) is 0 Å². The molecule has 0 radical (unpaired) electrons. The fourth-order valence-corrected chi connectivity index (χ4v) is 4.53. The largest absolute Gasteiger partial charge is 0.462 e. The van der Waals surface area contributed by atoms with E-state index in [4.69, 9.17) is 9.47 Å². The lowest BCUT2D eigenvalue weighted by Gasteiger charge is -2.36. The Balaban J connectivity index is 1.53. The zero-order chi connectivity index (χ0) is 23.4. The number of benzene rings is 2. The molecule has 2 aromatic rings. The molecule has 8 nitrogen and oxygen atoms in total. The Morgan fingerprint density at radius 1 is 1.12 bits per heavy atom. The molecule has 0 aliphatic carbocycles. The van der Waals surface area contributed by atoms with Crippen LogP contribution < -0.4 is 4.74 Å². The molecule has 0 saturated carbocycles. The van der Waals surface area contributed by atoms with Gasteiger partial charge in [0, 0.05) is 18.5 Å². The van der Waals surface area contributed by atoms with Gasteiger partial charge in [0.2, 0.25) is 12.1 Å². The van der Waals surface area contributed by atoms with Crippen LogP contribution in [0, 0.1) is 0 Å². The van der Waals surface area contributed by atoms with E-state index in [0.717, 1.165) is 16.7 Å². The van der Waals surface area contributed by atoms with E-state index in [9.17, 15) is 19.2 Å². The number of hydrogen-bond donors (Lipinski definition) is 0. The summed E-state index contributed by atoms with van der Waals surface area (Å²) < 4.78 is 11.9. The molecule has 1 fully saturated rings. The van der Waals surface area contributed by atoms with Crippen LogP contribution in [-0.2, 0) is 14.3 Å². The number of ketones is 1. The number of nitrogens with zero attached hydrogens (tertiary/aromatic N) is 2. The maximum absolute atomic E-state index is 13.2. The highest BCUT2D eigenvalue weighted by molar-refractivity contribution is 8.14. The molecule has 2 heterocycles. The smallest absolute Gasteiger partial charge is 0.291 e. The lowest BCUT2D eigenvalue weighted by molar-refractivity contribution is -0.138. The Morgan fingerprint density at radius 3 is 2.55 bits per heavy atom. The fourth-order valence-electron chi connectivity index (χ4n) is 3.81. The van der Waals surface area contributed by atoms with Crippen molar-refractivity contribution in [3.8, 4) is 5.75 Å². The number of hydrogen-bond acceptors (Lipinski definition) is 7. The van der Waals surface area contributed by atoms with Crippen LogP contribution in [0.1, 0.15) is 41.9 Å². The number of Topliss-reactive ketones (excluding diaryl/α,β-unsaturated/α-hetero) is 1. The van der Waals surface area contributed by atoms with Crippen molar-refractivity contribution in [1.82, 2.24) is 9.80 Å². The van der Waals surface area contributed by atoms with Crippen molar-refractivity contribution in [1.29, 1.82) is 0 Å². The number of thioether (sulfide) groups is 1. The van der Waals surface area contributed by atoms with Gasteiger partial charge in [0.15, 0.2) is 12.0 Å². The van der Waals surface area contributed by atoms with E-state index in [1.54, 1.807) is 48.5 Å². The summed E-state index contributed by atoms with van der Waals surface area (Å²) >= 11 is 0.929. The minimum Gasteiger partial charge on any atom is -0.462 e. The molecule has 3 amide bonds. The molecular weight excluding hydrogens is 444 g/mol. The first-order valence-corrected chi connectivity index (χ1v) is 11.7. The molecule has 2 aliphatic rings. The Labute approximate surface area is 195 Å². The highest BCUT2D eigenvalue weighted by Crippen LogP contribution is 2.32. The molecule has 0 bridgehead atoms. The number of fused-ring (bicyclic) bond motifs is 1. The summed E-state index contributed by atoms with van der Waals surface area (Å²) in [6, 6.07) is 15.8. The Hall–Kier alpha value is -3.17. The zero-order valence-corrected chi connectivity index (χ0v) is 19.0. The molecule has 4 rings (SSSR count). The van der Waals surface area contributed by atoms with Crippen LogP contribution in [0.3, 0.4) is 0 Å². The van der Waals surface area contributed by atoms with Gasteiger partial charge >= 0.3 is 0 Å². The van der Waals surface area contributed by atoms with Crippen molar-refractivity contribution in [3.05, 3.63) is 65.7 Å². The molecule has 9 heteroatoms. The number of rotatable bonds is 9. The van der Waals surface area contributed by atoms with Crippen LogP contribution in [0.25, 0.3) is 0 Å². The number of carbonyl (C=O) groups is 4. The molecule has 0 spiro atoms. The highest BCUT2D eigenvalue weighted by atomic mass is 32.2. The lowest BCUT2D eigenvalue weighted by Crippen LogP contribution is -2.53. The SMILES string of the molecule is CCCC(=O)C1Oc2ccccc2C(=O)N1CCOC(c1ccccc1)N1C(=O)CSC1=O. The van der Waals surface area contributed by atoms with Gasteiger partial charge in [-0.1, -0.05) is 61.2 Å². The maximum atomic E-state index is 13.2. The first kappa shape index (κ1) is 23.0. The van der Waals surface area contributed by atoms with Crippen LogP contribution in [0.15, 0.2) is 54.6 Å². The summed E-state index contributed by atoms with van der Waals surface area (Å²) in [6.45, 7) is 1.94. The van der Waals surface area contributed by atoms with Crippen LogP contribution in [-0.4, -0.2) is 57.8 Å². The third kappa shape index (κ3) is 4.79. The summed E-state index contributed by atoms with van der Waals surface area (Å²) in [5.74, 6) is -0.409. The predicted molar refractivity (Wildman–Crippen MR) is 122 cm³/mol. The molecule has 33 heavy (non-hydrogen) atoms. The molecule has 0 aromatic heterocycles.